The van der Waals surface area contributed by atoms with Gasteiger partial charge in [0.1, 0.15) is 5.75 Å². The van der Waals surface area contributed by atoms with Crippen molar-refractivity contribution in [3.05, 3.63) is 21.8 Å². The molecular formula is C7H7F2IN2O. The molecule has 0 radical (unpaired) electrons. The summed E-state index contributed by atoms with van der Waals surface area (Å²) in [5.74, 6) is 5.24. The highest BCUT2D eigenvalue weighted by Gasteiger charge is 2.06. The lowest BCUT2D eigenvalue weighted by molar-refractivity contribution is -0.0498. The number of benzene rings is 1. The van der Waals surface area contributed by atoms with Gasteiger partial charge in [0.05, 0.1) is 5.69 Å². The van der Waals surface area contributed by atoms with Crippen molar-refractivity contribution in [1.29, 1.82) is 0 Å². The Morgan fingerprint density at radius 3 is 2.69 bits per heavy atom. The van der Waals surface area contributed by atoms with Crippen LogP contribution in [0.15, 0.2) is 18.2 Å². The molecule has 0 aromatic heterocycles. The highest BCUT2D eigenvalue weighted by atomic mass is 127. The standard InChI is InChI=1S/C7H7F2IN2O/c8-7(9)13-4-1-2-5(10)6(3-4)12-11/h1-3,7,12H,11H2. The van der Waals surface area contributed by atoms with E-state index in [1.807, 2.05) is 22.6 Å². The molecule has 0 bridgehead atoms. The first-order valence-electron chi connectivity index (χ1n) is 3.34. The Hall–Kier alpha value is -0.630. The van der Waals surface area contributed by atoms with Gasteiger partial charge >= 0.3 is 6.61 Å². The lowest BCUT2D eigenvalue weighted by Crippen LogP contribution is -2.09. The zero-order valence-electron chi connectivity index (χ0n) is 6.43. The molecule has 0 spiro atoms. The van der Waals surface area contributed by atoms with Crippen LogP contribution in [0.5, 0.6) is 5.75 Å². The Bertz CT molecular complexity index is 296. The third-order valence-electron chi connectivity index (χ3n) is 1.32. The molecule has 0 saturated carbocycles. The summed E-state index contributed by atoms with van der Waals surface area (Å²) in [6.07, 6.45) is 0. The van der Waals surface area contributed by atoms with E-state index in [2.05, 4.69) is 10.2 Å². The number of nitrogen functional groups attached to an aromatic ring is 1. The fraction of sp³-hybridized carbons (Fsp3) is 0.143. The molecule has 0 amide bonds. The Morgan fingerprint density at radius 1 is 1.46 bits per heavy atom. The number of hydrazine groups is 1. The monoisotopic (exact) mass is 300 g/mol. The van der Waals surface area contributed by atoms with E-state index in [1.165, 1.54) is 12.1 Å². The molecule has 72 valence electrons. The maximum Gasteiger partial charge on any atom is 0.387 e. The van der Waals surface area contributed by atoms with Gasteiger partial charge in [0, 0.05) is 9.64 Å². The summed E-state index contributed by atoms with van der Waals surface area (Å²) >= 11 is 2.03. The van der Waals surface area contributed by atoms with E-state index in [0.717, 1.165) is 3.57 Å². The largest absolute Gasteiger partial charge is 0.435 e. The molecule has 13 heavy (non-hydrogen) atoms. The molecule has 1 aromatic rings. The van der Waals surface area contributed by atoms with Crippen molar-refractivity contribution in [3.8, 4) is 5.75 Å². The van der Waals surface area contributed by atoms with Crippen LogP contribution in [0.3, 0.4) is 0 Å². The number of nitrogens with two attached hydrogens (primary N) is 1. The van der Waals surface area contributed by atoms with Crippen molar-refractivity contribution in [2.24, 2.45) is 5.84 Å². The summed E-state index contributed by atoms with van der Waals surface area (Å²) in [6, 6.07) is 4.50. The second-order valence-corrected chi connectivity index (χ2v) is 3.33. The number of hydrogen-bond acceptors (Lipinski definition) is 3. The predicted octanol–water partition coefficient (Wildman–Crippen LogP) is 2.18. The highest BCUT2D eigenvalue weighted by Crippen LogP contribution is 2.24. The molecule has 0 aliphatic carbocycles. The van der Waals surface area contributed by atoms with Gasteiger partial charge in [0.2, 0.25) is 0 Å². The van der Waals surface area contributed by atoms with Crippen LogP contribution in [0.4, 0.5) is 14.5 Å². The second-order valence-electron chi connectivity index (χ2n) is 2.16. The van der Waals surface area contributed by atoms with Crippen LogP contribution in [0.1, 0.15) is 0 Å². The molecule has 0 aliphatic rings. The molecule has 0 unspecified atom stereocenters. The number of nitrogens with one attached hydrogen (secondary N) is 1. The van der Waals surface area contributed by atoms with Crippen LogP contribution in [0.25, 0.3) is 0 Å². The summed E-state index contributed by atoms with van der Waals surface area (Å²) in [4.78, 5) is 0. The first kappa shape index (κ1) is 10.5. The van der Waals surface area contributed by atoms with Crippen molar-refractivity contribution < 1.29 is 13.5 Å². The molecule has 0 fully saturated rings. The summed E-state index contributed by atoms with van der Waals surface area (Å²) in [7, 11) is 0. The minimum Gasteiger partial charge on any atom is -0.435 e. The molecule has 3 nitrogen and oxygen atoms in total. The smallest absolute Gasteiger partial charge is 0.387 e. The first-order chi connectivity index (χ1) is 6.13. The average molecular weight is 300 g/mol. The van der Waals surface area contributed by atoms with Crippen LogP contribution in [-0.4, -0.2) is 6.61 Å². The molecule has 6 heteroatoms. The van der Waals surface area contributed by atoms with Gasteiger partial charge in [0.25, 0.3) is 0 Å². The molecule has 1 aromatic carbocycles. The van der Waals surface area contributed by atoms with E-state index in [1.54, 1.807) is 6.07 Å². The zero-order chi connectivity index (χ0) is 9.84. The van der Waals surface area contributed by atoms with Gasteiger partial charge in [-0.15, -0.1) is 0 Å². The van der Waals surface area contributed by atoms with Gasteiger partial charge in [-0.25, -0.2) is 0 Å². The summed E-state index contributed by atoms with van der Waals surface area (Å²) in [5.41, 5.74) is 2.93. The number of rotatable bonds is 3. The van der Waals surface area contributed by atoms with Crippen LogP contribution in [0.2, 0.25) is 0 Å². The van der Waals surface area contributed by atoms with Crippen LogP contribution < -0.4 is 16.0 Å². The quantitative estimate of drug-likeness (QED) is 0.511. The van der Waals surface area contributed by atoms with Gasteiger partial charge in [0.15, 0.2) is 0 Å². The fourth-order valence-electron chi connectivity index (χ4n) is 0.791. The minimum atomic E-state index is -2.81. The number of hydrogen-bond donors (Lipinski definition) is 2. The Kier molecular flexibility index (Phi) is 3.67. The number of halogens is 3. The number of alkyl halides is 2. The molecular weight excluding hydrogens is 293 g/mol. The maximum absolute atomic E-state index is 11.8. The normalized spacial score (nSPS) is 10.2. The van der Waals surface area contributed by atoms with Crippen molar-refractivity contribution in [2.75, 3.05) is 5.43 Å². The number of ether oxygens (including phenoxy) is 1. The van der Waals surface area contributed by atoms with E-state index in [4.69, 9.17) is 5.84 Å². The van der Waals surface area contributed by atoms with E-state index in [0.29, 0.717) is 5.69 Å². The average Bonchev–Trinajstić information content (AvgIpc) is 2.07. The first-order valence-corrected chi connectivity index (χ1v) is 4.42. The van der Waals surface area contributed by atoms with E-state index >= 15 is 0 Å². The van der Waals surface area contributed by atoms with E-state index in [-0.39, 0.29) is 5.75 Å². The zero-order valence-corrected chi connectivity index (χ0v) is 8.59. The third-order valence-corrected chi connectivity index (χ3v) is 2.26. The van der Waals surface area contributed by atoms with Crippen molar-refractivity contribution >= 4 is 28.3 Å². The molecule has 0 aliphatic heterocycles. The summed E-state index contributed by atoms with van der Waals surface area (Å²) < 4.78 is 28.6. The van der Waals surface area contributed by atoms with E-state index < -0.39 is 6.61 Å². The fourth-order valence-corrected chi connectivity index (χ4v) is 1.28. The molecule has 3 N–H and O–H groups in total. The number of anilines is 1. The Morgan fingerprint density at radius 2 is 2.15 bits per heavy atom. The SMILES string of the molecule is NNc1cc(OC(F)F)ccc1I. The molecule has 1 rings (SSSR count). The van der Waals surface area contributed by atoms with Gasteiger partial charge in [-0.2, -0.15) is 8.78 Å². The van der Waals surface area contributed by atoms with Gasteiger partial charge in [-0.05, 0) is 34.7 Å². The van der Waals surface area contributed by atoms with Crippen molar-refractivity contribution in [1.82, 2.24) is 0 Å². The summed E-state index contributed by atoms with van der Waals surface area (Å²) in [6.45, 7) is -2.81. The lowest BCUT2D eigenvalue weighted by atomic mass is 10.3. The second kappa shape index (κ2) is 4.56. The minimum absolute atomic E-state index is 0.0865. The lowest BCUT2D eigenvalue weighted by Gasteiger charge is -2.07. The van der Waals surface area contributed by atoms with Gasteiger partial charge in [-0.1, -0.05) is 0 Å². The van der Waals surface area contributed by atoms with Crippen LogP contribution >= 0.6 is 22.6 Å². The maximum atomic E-state index is 11.8. The highest BCUT2D eigenvalue weighted by molar-refractivity contribution is 14.1. The Balaban J connectivity index is 2.86. The van der Waals surface area contributed by atoms with E-state index in [9.17, 15) is 8.78 Å². The molecule has 0 atom stereocenters. The van der Waals surface area contributed by atoms with Crippen molar-refractivity contribution in [2.45, 2.75) is 6.61 Å². The van der Waals surface area contributed by atoms with Gasteiger partial charge in [-0.3, -0.25) is 5.84 Å². The molecule has 0 heterocycles. The Labute approximate surface area is 87.4 Å². The predicted molar refractivity (Wildman–Crippen MR) is 53.6 cm³/mol. The topological polar surface area (TPSA) is 47.3 Å². The van der Waals surface area contributed by atoms with Crippen molar-refractivity contribution in [3.63, 3.8) is 0 Å². The van der Waals surface area contributed by atoms with Crippen LogP contribution in [0, 0.1) is 3.57 Å². The third kappa shape index (κ3) is 2.96. The summed E-state index contributed by atoms with van der Waals surface area (Å²) in [5, 5.41) is 0. The van der Waals surface area contributed by atoms with Gasteiger partial charge < -0.3 is 10.2 Å². The molecule has 0 saturated heterocycles. The van der Waals surface area contributed by atoms with Crippen LogP contribution in [-0.2, 0) is 0 Å².